The van der Waals surface area contributed by atoms with Crippen molar-refractivity contribution in [1.82, 2.24) is 9.88 Å². The summed E-state index contributed by atoms with van der Waals surface area (Å²) in [5.41, 5.74) is 3.69. The van der Waals surface area contributed by atoms with E-state index in [4.69, 9.17) is 12.2 Å². The van der Waals surface area contributed by atoms with Gasteiger partial charge in [-0.15, -0.1) is 6.42 Å². The summed E-state index contributed by atoms with van der Waals surface area (Å²) < 4.78 is 37.8. The number of amides is 2. The van der Waals surface area contributed by atoms with Crippen LogP contribution in [0.4, 0.5) is 13.2 Å². The van der Waals surface area contributed by atoms with E-state index >= 15 is 0 Å². The van der Waals surface area contributed by atoms with Gasteiger partial charge in [0.1, 0.15) is 6.04 Å². The number of nitrogens with two attached hydrogens (primary N) is 1. The molecule has 1 heterocycles. The first-order valence-electron chi connectivity index (χ1n) is 5.74. The maximum absolute atomic E-state index is 12.6. The van der Waals surface area contributed by atoms with E-state index in [0.29, 0.717) is 12.3 Å². The molecule has 0 aliphatic rings. The Morgan fingerprint density at radius 3 is 2.57 bits per heavy atom. The van der Waals surface area contributed by atoms with Crippen LogP contribution in [-0.4, -0.2) is 34.3 Å². The summed E-state index contributed by atoms with van der Waals surface area (Å²) in [4.78, 5) is 27.6. The van der Waals surface area contributed by atoms with Gasteiger partial charge < -0.3 is 10.6 Å². The van der Waals surface area contributed by atoms with Crippen LogP contribution in [0.2, 0.25) is 0 Å². The zero-order chi connectivity index (χ0) is 16.2. The number of carbonyl (C=O) groups excluding carboxylic acids is 2. The van der Waals surface area contributed by atoms with E-state index in [9.17, 15) is 22.8 Å². The second-order valence-electron chi connectivity index (χ2n) is 4.18. The fourth-order valence-electron chi connectivity index (χ4n) is 1.51. The molecule has 8 heteroatoms. The van der Waals surface area contributed by atoms with Crippen LogP contribution in [0.5, 0.6) is 0 Å². The Morgan fingerprint density at radius 1 is 1.48 bits per heavy atom. The average molecular weight is 299 g/mol. The monoisotopic (exact) mass is 299 g/mol. The number of terminal acetylenes is 1. The van der Waals surface area contributed by atoms with Gasteiger partial charge in [-0.25, -0.2) is 0 Å². The number of pyridine rings is 1. The van der Waals surface area contributed by atoms with Crippen molar-refractivity contribution in [3.63, 3.8) is 0 Å². The van der Waals surface area contributed by atoms with Crippen LogP contribution < -0.4 is 5.73 Å². The minimum Gasteiger partial charge on any atom is -0.368 e. The highest BCUT2D eigenvalue weighted by Crippen LogP contribution is 2.29. The number of rotatable bonds is 4. The molecule has 0 aromatic carbocycles. The topological polar surface area (TPSA) is 76.3 Å². The minimum atomic E-state index is -4.63. The fraction of sp³-hybridized carbons (Fsp3) is 0.308. The second kappa shape index (κ2) is 6.26. The lowest BCUT2D eigenvalue weighted by Crippen LogP contribution is -2.46. The number of carbonyl (C=O) groups is 2. The number of halogens is 3. The standard InChI is InChI=1S/C13H12F3N3O2/c1-3-4-19(8(2)11(17)20)12(21)9-5-10(7-18-6-9)13(14,15)16/h1,5-8H,4H2,2H3,(H2,17,20)/t8-/m0/s1. The Kier molecular flexibility index (Phi) is 4.92. The number of nitrogens with zero attached hydrogens (tertiary/aromatic N) is 2. The Morgan fingerprint density at radius 2 is 2.10 bits per heavy atom. The van der Waals surface area contributed by atoms with Crippen LogP contribution >= 0.6 is 0 Å². The van der Waals surface area contributed by atoms with Gasteiger partial charge in [0.2, 0.25) is 5.91 Å². The summed E-state index contributed by atoms with van der Waals surface area (Å²) in [6, 6.07) is -0.407. The number of hydrogen-bond donors (Lipinski definition) is 1. The van der Waals surface area contributed by atoms with E-state index in [0.717, 1.165) is 11.1 Å². The van der Waals surface area contributed by atoms with Gasteiger partial charge in [0.05, 0.1) is 17.7 Å². The third kappa shape index (κ3) is 3.95. The van der Waals surface area contributed by atoms with Crippen molar-refractivity contribution in [1.29, 1.82) is 0 Å². The van der Waals surface area contributed by atoms with Crippen molar-refractivity contribution in [2.45, 2.75) is 19.1 Å². The molecule has 0 unspecified atom stereocenters. The molecule has 112 valence electrons. The summed E-state index contributed by atoms with van der Waals surface area (Å²) >= 11 is 0. The molecule has 0 spiro atoms. The Balaban J connectivity index is 3.16. The molecular formula is C13H12F3N3O2. The molecule has 1 atom stereocenters. The maximum atomic E-state index is 12.6. The number of aromatic nitrogens is 1. The van der Waals surface area contributed by atoms with Crippen molar-refractivity contribution < 1.29 is 22.8 Å². The quantitative estimate of drug-likeness (QED) is 0.844. The molecular weight excluding hydrogens is 287 g/mol. The average Bonchev–Trinajstić information content (AvgIpc) is 2.42. The molecule has 2 N–H and O–H groups in total. The van der Waals surface area contributed by atoms with Gasteiger partial charge in [-0.2, -0.15) is 13.2 Å². The summed E-state index contributed by atoms with van der Waals surface area (Å²) in [5, 5.41) is 0. The molecule has 1 aromatic rings. The van der Waals surface area contributed by atoms with E-state index in [2.05, 4.69) is 10.9 Å². The molecule has 0 aliphatic heterocycles. The number of primary amides is 1. The molecule has 0 saturated carbocycles. The lowest BCUT2D eigenvalue weighted by Gasteiger charge is -2.25. The number of hydrogen-bond acceptors (Lipinski definition) is 3. The van der Waals surface area contributed by atoms with E-state index < -0.39 is 29.6 Å². The van der Waals surface area contributed by atoms with Crippen LogP contribution in [-0.2, 0) is 11.0 Å². The number of alkyl halides is 3. The Hall–Kier alpha value is -2.56. The van der Waals surface area contributed by atoms with Crippen LogP contribution in [0.15, 0.2) is 18.5 Å². The highest BCUT2D eigenvalue weighted by Gasteiger charge is 2.32. The van der Waals surface area contributed by atoms with Crippen LogP contribution in [0, 0.1) is 12.3 Å². The van der Waals surface area contributed by atoms with Crippen molar-refractivity contribution in [2.24, 2.45) is 5.73 Å². The molecule has 0 bridgehead atoms. The van der Waals surface area contributed by atoms with Gasteiger partial charge in [-0.3, -0.25) is 14.6 Å². The minimum absolute atomic E-state index is 0.265. The molecule has 5 nitrogen and oxygen atoms in total. The molecule has 0 aliphatic carbocycles. The maximum Gasteiger partial charge on any atom is 0.417 e. The SMILES string of the molecule is C#CCN(C(=O)c1cncc(C(F)(F)F)c1)[C@@H](C)C(N)=O. The van der Waals surface area contributed by atoms with Crippen LogP contribution in [0.1, 0.15) is 22.8 Å². The molecule has 0 saturated heterocycles. The van der Waals surface area contributed by atoms with E-state index in [1.165, 1.54) is 6.92 Å². The van der Waals surface area contributed by atoms with Crippen molar-refractivity contribution in [3.8, 4) is 12.3 Å². The molecule has 2 amide bonds. The molecule has 0 radical (unpaired) electrons. The van der Waals surface area contributed by atoms with Gasteiger partial charge in [0, 0.05) is 12.4 Å². The fourth-order valence-corrected chi connectivity index (χ4v) is 1.51. The van der Waals surface area contributed by atoms with Gasteiger partial charge in [0.15, 0.2) is 0 Å². The Bertz CT molecular complexity index is 593. The smallest absolute Gasteiger partial charge is 0.368 e. The third-order valence-electron chi connectivity index (χ3n) is 2.71. The van der Waals surface area contributed by atoms with Crippen molar-refractivity contribution in [3.05, 3.63) is 29.6 Å². The zero-order valence-corrected chi connectivity index (χ0v) is 11.0. The van der Waals surface area contributed by atoms with E-state index in [-0.39, 0.29) is 12.1 Å². The van der Waals surface area contributed by atoms with Gasteiger partial charge >= 0.3 is 6.18 Å². The predicted octanol–water partition coefficient (Wildman–Crippen LogP) is 1.05. The van der Waals surface area contributed by atoms with E-state index in [1.807, 2.05) is 0 Å². The molecule has 1 rings (SSSR count). The van der Waals surface area contributed by atoms with Crippen molar-refractivity contribution in [2.75, 3.05) is 6.54 Å². The second-order valence-corrected chi connectivity index (χ2v) is 4.18. The molecule has 1 aromatic heterocycles. The largest absolute Gasteiger partial charge is 0.417 e. The van der Waals surface area contributed by atoms with Gasteiger partial charge in [0.25, 0.3) is 5.91 Å². The lowest BCUT2D eigenvalue weighted by atomic mass is 10.1. The first-order chi connectivity index (χ1) is 9.68. The zero-order valence-electron chi connectivity index (χ0n) is 11.0. The normalized spacial score (nSPS) is 12.3. The summed E-state index contributed by atoms with van der Waals surface area (Å²) in [6.07, 6.45) is 2.03. The lowest BCUT2D eigenvalue weighted by molar-refractivity contribution is -0.137. The van der Waals surface area contributed by atoms with Crippen LogP contribution in [0.3, 0.4) is 0 Å². The molecule has 21 heavy (non-hydrogen) atoms. The first kappa shape index (κ1) is 16.5. The van der Waals surface area contributed by atoms with Crippen molar-refractivity contribution >= 4 is 11.8 Å². The Labute approximate surface area is 118 Å². The highest BCUT2D eigenvalue weighted by molar-refractivity contribution is 5.97. The van der Waals surface area contributed by atoms with Crippen LogP contribution in [0.25, 0.3) is 0 Å². The summed E-state index contributed by atoms with van der Waals surface area (Å²) in [7, 11) is 0. The predicted molar refractivity (Wildman–Crippen MR) is 67.8 cm³/mol. The summed E-state index contributed by atoms with van der Waals surface area (Å²) in [6.45, 7) is 1.07. The summed E-state index contributed by atoms with van der Waals surface area (Å²) in [5.74, 6) is 0.484. The molecule has 0 fully saturated rings. The van der Waals surface area contributed by atoms with E-state index in [1.54, 1.807) is 0 Å². The third-order valence-corrected chi connectivity index (χ3v) is 2.71. The first-order valence-corrected chi connectivity index (χ1v) is 5.74. The van der Waals surface area contributed by atoms with Gasteiger partial charge in [-0.1, -0.05) is 5.92 Å². The van der Waals surface area contributed by atoms with Gasteiger partial charge in [-0.05, 0) is 13.0 Å². The highest BCUT2D eigenvalue weighted by atomic mass is 19.4.